The highest BCUT2D eigenvalue weighted by Gasteiger charge is 2.33. The van der Waals surface area contributed by atoms with Gasteiger partial charge in [0.05, 0.1) is 20.7 Å². The molecule has 3 aromatic carbocycles. The number of nitrogens with one attached hydrogen (secondary N) is 1. The van der Waals surface area contributed by atoms with Crippen LogP contribution in [0.15, 0.2) is 60.2 Å². The van der Waals surface area contributed by atoms with Crippen molar-refractivity contribution in [1.29, 1.82) is 5.26 Å². The fraction of sp³-hybridized carbons (Fsp3) is 0.120. The van der Waals surface area contributed by atoms with E-state index in [1.807, 2.05) is 22.6 Å². The molecule has 0 spiro atoms. The zero-order valence-corrected chi connectivity index (χ0v) is 21.5. The summed E-state index contributed by atoms with van der Waals surface area (Å²) in [7, 11) is 0. The van der Waals surface area contributed by atoms with Crippen LogP contribution in [-0.2, 0) is 11.0 Å². The van der Waals surface area contributed by atoms with E-state index in [2.05, 4.69) is 5.32 Å². The smallest absolute Gasteiger partial charge is 0.416 e. The Hall–Kier alpha value is -4.32. The third kappa shape index (κ3) is 6.91. The number of phenols is 1. The van der Waals surface area contributed by atoms with Crippen LogP contribution in [0.4, 0.5) is 24.5 Å². The van der Waals surface area contributed by atoms with Gasteiger partial charge in [-0.25, -0.2) is 0 Å². The number of amides is 1. The minimum absolute atomic E-state index is 0.000453. The molecule has 2 N–H and O–H groups in total. The van der Waals surface area contributed by atoms with Crippen LogP contribution in [-0.4, -0.2) is 22.5 Å². The van der Waals surface area contributed by atoms with Gasteiger partial charge in [-0.15, -0.1) is 0 Å². The first-order chi connectivity index (χ1) is 17.9. The van der Waals surface area contributed by atoms with Gasteiger partial charge in [-0.3, -0.25) is 14.9 Å². The van der Waals surface area contributed by atoms with Crippen molar-refractivity contribution in [2.24, 2.45) is 0 Å². The monoisotopic (exact) mass is 639 g/mol. The average Bonchev–Trinajstić information content (AvgIpc) is 2.85. The Morgan fingerprint density at radius 2 is 1.87 bits per heavy atom. The molecule has 38 heavy (non-hydrogen) atoms. The van der Waals surface area contributed by atoms with Crippen LogP contribution in [0.3, 0.4) is 0 Å². The zero-order valence-electron chi connectivity index (χ0n) is 19.4. The van der Waals surface area contributed by atoms with Gasteiger partial charge in [-0.2, -0.15) is 18.4 Å². The van der Waals surface area contributed by atoms with E-state index < -0.39 is 34.0 Å². The number of nitro benzene ring substituents is 1. The van der Waals surface area contributed by atoms with Crippen molar-refractivity contribution in [3.8, 4) is 29.1 Å². The molecule has 0 bridgehead atoms. The van der Waals surface area contributed by atoms with Crippen LogP contribution in [0.2, 0.25) is 0 Å². The van der Waals surface area contributed by atoms with Gasteiger partial charge in [0.15, 0.2) is 11.5 Å². The molecule has 3 rings (SSSR count). The van der Waals surface area contributed by atoms with Crippen LogP contribution in [0, 0.1) is 25.0 Å². The van der Waals surface area contributed by atoms with E-state index in [0.717, 1.165) is 6.07 Å². The molecule has 9 nitrogen and oxygen atoms in total. The lowest BCUT2D eigenvalue weighted by molar-refractivity contribution is -0.385. The molecule has 196 valence electrons. The van der Waals surface area contributed by atoms with Crippen molar-refractivity contribution in [3.05, 3.63) is 85.0 Å². The summed E-state index contributed by atoms with van der Waals surface area (Å²) in [6, 6.07) is 12.2. The number of halogens is 4. The van der Waals surface area contributed by atoms with Gasteiger partial charge in [0.1, 0.15) is 17.4 Å². The second kappa shape index (κ2) is 11.8. The number of phenolic OH excluding ortho intramolecular Hbond substituents is 1. The molecule has 0 heterocycles. The highest BCUT2D eigenvalue weighted by molar-refractivity contribution is 14.1. The second-order valence-electron chi connectivity index (χ2n) is 7.47. The average molecular weight is 639 g/mol. The van der Waals surface area contributed by atoms with E-state index in [0.29, 0.717) is 27.0 Å². The fourth-order valence-corrected chi connectivity index (χ4v) is 3.86. The first-order valence-corrected chi connectivity index (χ1v) is 11.7. The summed E-state index contributed by atoms with van der Waals surface area (Å²) >= 11 is 1.83. The van der Waals surface area contributed by atoms with Gasteiger partial charge in [0.25, 0.3) is 5.91 Å². The molecule has 3 aromatic rings. The predicted octanol–water partition coefficient (Wildman–Crippen LogP) is 6.66. The SMILES string of the molecule is CCOc1cc(/C=C(\C#N)C(=O)Nc2ccc(O)cc2)cc(I)c1Oc1ccc(C(F)(F)F)cc1[N+](=O)[O-]. The Bertz CT molecular complexity index is 1450. The quantitative estimate of drug-likeness (QED) is 0.0703. The number of aromatic hydroxyl groups is 1. The Morgan fingerprint density at radius 1 is 1.18 bits per heavy atom. The third-order valence-corrected chi connectivity index (χ3v) is 5.63. The highest BCUT2D eigenvalue weighted by atomic mass is 127. The number of rotatable bonds is 8. The number of carbonyl (C=O) groups is 1. The lowest BCUT2D eigenvalue weighted by Crippen LogP contribution is -2.13. The maximum absolute atomic E-state index is 13.0. The van der Waals surface area contributed by atoms with Gasteiger partial charge in [-0.1, -0.05) is 0 Å². The largest absolute Gasteiger partial charge is 0.508 e. The summed E-state index contributed by atoms with van der Waals surface area (Å²) in [5.41, 5.74) is -1.65. The number of anilines is 1. The number of benzene rings is 3. The summed E-state index contributed by atoms with van der Waals surface area (Å²) in [6.45, 7) is 1.80. The van der Waals surface area contributed by atoms with Gasteiger partial charge >= 0.3 is 11.9 Å². The molecule has 13 heteroatoms. The molecule has 0 unspecified atom stereocenters. The number of hydrogen-bond acceptors (Lipinski definition) is 7. The van der Waals surface area contributed by atoms with Crippen molar-refractivity contribution in [2.45, 2.75) is 13.1 Å². The third-order valence-electron chi connectivity index (χ3n) is 4.83. The van der Waals surface area contributed by atoms with Crippen molar-refractivity contribution >= 4 is 45.9 Å². The number of nitrogens with zero attached hydrogens (tertiary/aromatic N) is 2. The molecule has 0 fully saturated rings. The molecule has 0 aliphatic heterocycles. The molecule has 0 saturated carbocycles. The Balaban J connectivity index is 1.97. The summed E-state index contributed by atoms with van der Waals surface area (Å²) in [5.74, 6) is -1.07. The predicted molar refractivity (Wildman–Crippen MR) is 139 cm³/mol. The van der Waals surface area contributed by atoms with Crippen LogP contribution < -0.4 is 14.8 Å². The van der Waals surface area contributed by atoms with Crippen LogP contribution in [0.1, 0.15) is 18.1 Å². The van der Waals surface area contributed by atoms with Crippen molar-refractivity contribution < 1.29 is 37.5 Å². The number of nitriles is 1. The number of carbonyl (C=O) groups excluding carboxylic acids is 1. The van der Waals surface area contributed by atoms with E-state index >= 15 is 0 Å². The van der Waals surface area contributed by atoms with Gasteiger partial charge < -0.3 is 19.9 Å². The molecule has 0 aliphatic rings. The number of nitro groups is 1. The standard InChI is InChI=1S/C25H17F3IN3O6/c1-2-37-22-11-14(9-15(13-30)24(34)31-17-4-6-18(33)7-5-17)10-19(29)23(22)38-21-8-3-16(25(26,27)28)12-20(21)32(35)36/h3-12,33H,2H2,1H3,(H,31,34)/b15-9+. The molecule has 1 amide bonds. The lowest BCUT2D eigenvalue weighted by Gasteiger charge is -2.15. The summed E-state index contributed by atoms with van der Waals surface area (Å²) in [6.07, 6.45) is -3.50. The van der Waals surface area contributed by atoms with Crippen LogP contribution in [0.5, 0.6) is 23.0 Å². The second-order valence-corrected chi connectivity index (χ2v) is 8.64. The molecular weight excluding hydrogens is 622 g/mol. The van der Waals surface area contributed by atoms with Gasteiger partial charge in [0.2, 0.25) is 5.75 Å². The summed E-state index contributed by atoms with van der Waals surface area (Å²) in [5, 5.41) is 32.8. The van der Waals surface area contributed by atoms with E-state index in [-0.39, 0.29) is 29.4 Å². The Kier molecular flexibility index (Phi) is 8.79. The lowest BCUT2D eigenvalue weighted by atomic mass is 10.1. The maximum Gasteiger partial charge on any atom is 0.416 e. The minimum atomic E-state index is -4.78. The summed E-state index contributed by atoms with van der Waals surface area (Å²) < 4.78 is 50.7. The maximum atomic E-state index is 13.0. The highest BCUT2D eigenvalue weighted by Crippen LogP contribution is 2.42. The molecule has 0 aromatic heterocycles. The number of hydrogen-bond donors (Lipinski definition) is 2. The van der Waals surface area contributed by atoms with E-state index in [1.54, 1.807) is 13.0 Å². The minimum Gasteiger partial charge on any atom is -0.508 e. The molecule has 0 aliphatic carbocycles. The van der Waals surface area contributed by atoms with E-state index in [9.17, 15) is 38.4 Å². The van der Waals surface area contributed by atoms with Gasteiger partial charge in [-0.05, 0) is 89.7 Å². The normalized spacial score (nSPS) is 11.4. The van der Waals surface area contributed by atoms with Crippen LogP contribution in [0.25, 0.3) is 6.08 Å². The van der Waals surface area contributed by atoms with Crippen LogP contribution >= 0.6 is 22.6 Å². The number of alkyl halides is 3. The first-order valence-electron chi connectivity index (χ1n) is 10.6. The Morgan fingerprint density at radius 3 is 2.45 bits per heavy atom. The number of ether oxygens (including phenoxy) is 2. The summed E-state index contributed by atoms with van der Waals surface area (Å²) in [4.78, 5) is 23.0. The zero-order chi connectivity index (χ0) is 28.0. The molecule has 0 radical (unpaired) electrons. The first kappa shape index (κ1) is 28.3. The van der Waals surface area contributed by atoms with Gasteiger partial charge in [0, 0.05) is 11.8 Å². The Labute approximate surface area is 227 Å². The molecule has 0 atom stereocenters. The van der Waals surface area contributed by atoms with Crippen molar-refractivity contribution in [1.82, 2.24) is 0 Å². The molecular formula is C25H17F3IN3O6. The topological polar surface area (TPSA) is 135 Å². The van der Waals surface area contributed by atoms with E-state index in [1.165, 1.54) is 42.5 Å². The van der Waals surface area contributed by atoms with Crippen molar-refractivity contribution in [2.75, 3.05) is 11.9 Å². The van der Waals surface area contributed by atoms with E-state index in [4.69, 9.17) is 9.47 Å². The molecule has 0 saturated heterocycles. The fourth-order valence-electron chi connectivity index (χ4n) is 3.12. The van der Waals surface area contributed by atoms with Crippen molar-refractivity contribution in [3.63, 3.8) is 0 Å².